The smallest absolute Gasteiger partial charge is 0.223 e. The minimum absolute atomic E-state index is 0.0508. The Morgan fingerprint density at radius 2 is 2.04 bits per heavy atom. The molecule has 8 heteroatoms. The molecule has 1 aromatic rings. The van der Waals surface area contributed by atoms with Gasteiger partial charge >= 0.3 is 0 Å². The lowest BCUT2D eigenvalue weighted by Gasteiger charge is -2.36. The van der Waals surface area contributed by atoms with Crippen molar-refractivity contribution in [3.63, 3.8) is 0 Å². The average molecular weight is 355 g/mol. The topological polar surface area (TPSA) is 83.7 Å². The van der Waals surface area contributed by atoms with E-state index in [9.17, 15) is 13.2 Å². The molecule has 1 amide bonds. The van der Waals surface area contributed by atoms with Crippen LogP contribution in [0.15, 0.2) is 10.7 Å². The van der Waals surface area contributed by atoms with E-state index in [-0.39, 0.29) is 23.6 Å². The van der Waals surface area contributed by atoms with Crippen molar-refractivity contribution in [3.05, 3.63) is 17.5 Å². The Bertz CT molecular complexity index is 692. The second-order valence-electron chi connectivity index (χ2n) is 7.12. The van der Waals surface area contributed by atoms with Crippen molar-refractivity contribution in [3.8, 4) is 0 Å². The van der Waals surface area contributed by atoms with Crippen molar-refractivity contribution in [2.45, 2.75) is 38.8 Å². The Hall–Kier alpha value is -1.41. The maximum atomic E-state index is 12.2. The average Bonchev–Trinajstić information content (AvgIpc) is 3.04. The number of hydrogen-bond donors (Lipinski definition) is 0. The van der Waals surface area contributed by atoms with Gasteiger partial charge in [0.1, 0.15) is 15.6 Å². The maximum absolute atomic E-state index is 12.2. The standard InChI is InChI=1S/C16H25N3O4S/c1-12-14(8-17-23-12)10-18-5-3-15(4-6-18)19-9-13(7-16(19)20)11-24(2,21)22/h8,13,15H,3-7,9-11H2,1-2H3. The summed E-state index contributed by atoms with van der Waals surface area (Å²) in [6.45, 7) is 5.18. The third-order valence-electron chi connectivity index (χ3n) is 5.02. The third kappa shape index (κ3) is 4.16. The van der Waals surface area contributed by atoms with Gasteiger partial charge in [0, 0.05) is 50.5 Å². The number of aromatic nitrogens is 1. The van der Waals surface area contributed by atoms with E-state index < -0.39 is 9.84 Å². The molecule has 0 N–H and O–H groups in total. The second-order valence-corrected chi connectivity index (χ2v) is 9.31. The van der Waals surface area contributed by atoms with Crippen molar-refractivity contribution in [2.75, 3.05) is 31.6 Å². The SMILES string of the molecule is Cc1oncc1CN1CCC(N2CC(CS(C)(=O)=O)CC2=O)CC1. The van der Waals surface area contributed by atoms with Crippen LogP contribution in [-0.2, 0) is 21.2 Å². The van der Waals surface area contributed by atoms with E-state index >= 15 is 0 Å². The highest BCUT2D eigenvalue weighted by Gasteiger charge is 2.36. The fourth-order valence-corrected chi connectivity index (χ4v) is 4.88. The first kappa shape index (κ1) is 17.4. The maximum Gasteiger partial charge on any atom is 0.223 e. The number of aryl methyl sites for hydroxylation is 1. The second kappa shape index (κ2) is 6.84. The van der Waals surface area contributed by atoms with Crippen LogP contribution in [0.1, 0.15) is 30.6 Å². The number of amides is 1. The Morgan fingerprint density at radius 1 is 1.33 bits per heavy atom. The number of carbonyl (C=O) groups is 1. The van der Waals surface area contributed by atoms with Crippen molar-refractivity contribution in [1.29, 1.82) is 0 Å². The van der Waals surface area contributed by atoms with Crippen molar-refractivity contribution < 1.29 is 17.7 Å². The van der Waals surface area contributed by atoms with E-state index in [1.807, 2.05) is 11.8 Å². The van der Waals surface area contributed by atoms with E-state index in [0.29, 0.717) is 13.0 Å². The largest absolute Gasteiger partial charge is 0.361 e. The minimum Gasteiger partial charge on any atom is -0.361 e. The van der Waals surface area contributed by atoms with Crippen LogP contribution >= 0.6 is 0 Å². The highest BCUT2D eigenvalue weighted by atomic mass is 32.2. The summed E-state index contributed by atoms with van der Waals surface area (Å²) >= 11 is 0. The van der Waals surface area contributed by atoms with Gasteiger partial charge in [-0.25, -0.2) is 8.42 Å². The molecule has 2 fully saturated rings. The summed E-state index contributed by atoms with van der Waals surface area (Å²) in [6, 6.07) is 0.238. The van der Waals surface area contributed by atoms with Gasteiger partial charge in [-0.3, -0.25) is 9.69 Å². The molecule has 0 radical (unpaired) electrons. The Balaban J connectivity index is 1.51. The van der Waals surface area contributed by atoms with E-state index in [1.54, 1.807) is 6.20 Å². The number of sulfone groups is 1. The monoisotopic (exact) mass is 355 g/mol. The number of nitrogens with zero attached hydrogens (tertiary/aromatic N) is 3. The molecule has 2 saturated heterocycles. The summed E-state index contributed by atoms with van der Waals surface area (Å²) in [5.74, 6) is 1.03. The van der Waals surface area contributed by atoms with Crippen LogP contribution in [0, 0.1) is 12.8 Å². The first-order valence-electron chi connectivity index (χ1n) is 8.41. The molecule has 0 saturated carbocycles. The lowest BCUT2D eigenvalue weighted by Crippen LogP contribution is -2.45. The summed E-state index contributed by atoms with van der Waals surface area (Å²) in [7, 11) is -3.03. The molecule has 0 aromatic carbocycles. The molecular formula is C16H25N3O4S. The van der Waals surface area contributed by atoms with Gasteiger partial charge in [0.05, 0.1) is 11.9 Å². The van der Waals surface area contributed by atoms with Crippen LogP contribution in [0.2, 0.25) is 0 Å². The minimum atomic E-state index is -3.03. The predicted octanol–water partition coefficient (Wildman–Crippen LogP) is 0.841. The van der Waals surface area contributed by atoms with Gasteiger partial charge in [0.25, 0.3) is 0 Å². The molecule has 134 valence electrons. The van der Waals surface area contributed by atoms with E-state index in [2.05, 4.69) is 10.1 Å². The van der Waals surface area contributed by atoms with Gasteiger partial charge in [-0.15, -0.1) is 0 Å². The normalized spacial score (nSPS) is 24.0. The van der Waals surface area contributed by atoms with Crippen molar-refractivity contribution >= 4 is 15.7 Å². The number of rotatable bonds is 5. The first-order valence-corrected chi connectivity index (χ1v) is 10.5. The number of piperidine rings is 1. The summed E-state index contributed by atoms with van der Waals surface area (Å²) in [6.07, 6.45) is 5.24. The van der Waals surface area contributed by atoms with Crippen molar-refractivity contribution in [1.82, 2.24) is 15.0 Å². The molecule has 7 nitrogen and oxygen atoms in total. The Kier molecular flexibility index (Phi) is 4.96. The van der Waals surface area contributed by atoms with Gasteiger partial charge in [-0.1, -0.05) is 5.16 Å². The zero-order valence-corrected chi connectivity index (χ0v) is 15.1. The quantitative estimate of drug-likeness (QED) is 0.778. The first-order chi connectivity index (χ1) is 11.3. The van der Waals surface area contributed by atoms with Gasteiger partial charge < -0.3 is 9.42 Å². The summed E-state index contributed by atoms with van der Waals surface area (Å²) < 4.78 is 28.0. The molecule has 3 rings (SSSR count). The summed E-state index contributed by atoms with van der Waals surface area (Å²) in [5, 5.41) is 3.81. The van der Waals surface area contributed by atoms with E-state index in [0.717, 1.165) is 43.8 Å². The van der Waals surface area contributed by atoms with Crippen LogP contribution in [0.5, 0.6) is 0 Å². The highest BCUT2D eigenvalue weighted by molar-refractivity contribution is 7.90. The van der Waals surface area contributed by atoms with Crippen LogP contribution in [0.25, 0.3) is 0 Å². The fourth-order valence-electron chi connectivity index (χ4n) is 3.80. The molecule has 2 aliphatic rings. The molecule has 24 heavy (non-hydrogen) atoms. The van der Waals surface area contributed by atoms with E-state index in [1.165, 1.54) is 6.26 Å². The molecule has 0 spiro atoms. The molecule has 1 aromatic heterocycles. The van der Waals surface area contributed by atoms with Crippen LogP contribution in [0.3, 0.4) is 0 Å². The molecule has 0 aliphatic carbocycles. The van der Waals surface area contributed by atoms with Gasteiger partial charge in [-0.2, -0.15) is 0 Å². The number of carbonyl (C=O) groups excluding carboxylic acids is 1. The molecule has 0 bridgehead atoms. The number of likely N-dealkylation sites (tertiary alicyclic amines) is 2. The molecule has 2 aliphatic heterocycles. The molecule has 1 atom stereocenters. The highest BCUT2D eigenvalue weighted by Crippen LogP contribution is 2.27. The van der Waals surface area contributed by atoms with Gasteiger partial charge in [0.15, 0.2) is 0 Å². The Labute approximate surface area is 142 Å². The van der Waals surface area contributed by atoms with Crippen LogP contribution < -0.4 is 0 Å². The van der Waals surface area contributed by atoms with E-state index in [4.69, 9.17) is 4.52 Å². The fraction of sp³-hybridized carbons (Fsp3) is 0.750. The van der Waals surface area contributed by atoms with Crippen LogP contribution in [0.4, 0.5) is 0 Å². The Morgan fingerprint density at radius 3 is 2.62 bits per heavy atom. The lowest BCUT2D eigenvalue weighted by atomic mass is 10.0. The summed E-state index contributed by atoms with van der Waals surface area (Å²) in [5.41, 5.74) is 1.11. The lowest BCUT2D eigenvalue weighted by molar-refractivity contribution is -0.130. The molecular weight excluding hydrogens is 330 g/mol. The molecule has 3 heterocycles. The zero-order valence-electron chi connectivity index (χ0n) is 14.3. The predicted molar refractivity (Wildman–Crippen MR) is 89.1 cm³/mol. The van der Waals surface area contributed by atoms with Crippen LogP contribution in [-0.4, -0.2) is 67.0 Å². The van der Waals surface area contributed by atoms with Gasteiger partial charge in [-0.05, 0) is 25.7 Å². The third-order valence-corrected chi connectivity index (χ3v) is 6.10. The summed E-state index contributed by atoms with van der Waals surface area (Å²) in [4.78, 5) is 16.5. The molecule has 1 unspecified atom stereocenters. The van der Waals surface area contributed by atoms with Crippen molar-refractivity contribution in [2.24, 2.45) is 5.92 Å². The zero-order chi connectivity index (χ0) is 17.3. The number of hydrogen-bond acceptors (Lipinski definition) is 6. The van der Waals surface area contributed by atoms with Gasteiger partial charge in [0.2, 0.25) is 5.91 Å².